The van der Waals surface area contributed by atoms with Gasteiger partial charge in [0.05, 0.1) is 17.6 Å². The second-order valence-electron chi connectivity index (χ2n) is 6.05. The van der Waals surface area contributed by atoms with Crippen LogP contribution in [0.15, 0.2) is 42.6 Å². The minimum Gasteiger partial charge on any atom is -0.372 e. The largest absolute Gasteiger partial charge is 0.372 e. The van der Waals surface area contributed by atoms with E-state index in [1.807, 2.05) is 19.1 Å². The lowest BCUT2D eigenvalue weighted by Gasteiger charge is -2.21. The molecule has 0 aliphatic carbocycles. The molecule has 0 radical (unpaired) electrons. The third-order valence-electron chi connectivity index (χ3n) is 4.07. The number of aromatic nitrogens is 1. The number of rotatable bonds is 10. The maximum absolute atomic E-state index is 11.9. The molecule has 0 atom stereocenters. The van der Waals surface area contributed by atoms with Gasteiger partial charge >= 0.3 is 0 Å². The molecular weight excluding hydrogens is 348 g/mol. The van der Waals surface area contributed by atoms with Crippen LogP contribution in [0.4, 0.5) is 22.9 Å². The van der Waals surface area contributed by atoms with Crippen LogP contribution in [-0.4, -0.2) is 32.2 Å². The number of nitrogens with one attached hydrogen (secondary N) is 2. The number of sulfonamides is 1. The summed E-state index contributed by atoms with van der Waals surface area (Å²) in [4.78, 5) is 6.56. The Bertz CT molecular complexity index is 770. The maximum atomic E-state index is 11.9. The third-order valence-corrected chi connectivity index (χ3v) is 5.44. The van der Waals surface area contributed by atoms with Gasteiger partial charge in [-0.1, -0.05) is 13.3 Å². The summed E-state index contributed by atoms with van der Waals surface area (Å²) >= 11 is 0. The van der Waals surface area contributed by atoms with E-state index < -0.39 is 10.0 Å². The van der Waals surface area contributed by atoms with Crippen molar-refractivity contribution in [2.24, 2.45) is 0 Å². The van der Waals surface area contributed by atoms with Crippen LogP contribution in [0, 0.1) is 0 Å². The fourth-order valence-corrected chi connectivity index (χ4v) is 3.84. The van der Waals surface area contributed by atoms with Gasteiger partial charge in [0.15, 0.2) is 0 Å². The first-order valence-corrected chi connectivity index (χ1v) is 10.7. The van der Waals surface area contributed by atoms with Gasteiger partial charge in [-0.2, -0.15) is 0 Å². The molecule has 26 heavy (non-hydrogen) atoms. The van der Waals surface area contributed by atoms with Crippen LogP contribution in [0.5, 0.6) is 0 Å². The van der Waals surface area contributed by atoms with Gasteiger partial charge in [-0.05, 0) is 56.7 Å². The van der Waals surface area contributed by atoms with E-state index in [9.17, 15) is 8.42 Å². The Morgan fingerprint density at radius 3 is 2.15 bits per heavy atom. The van der Waals surface area contributed by atoms with Crippen LogP contribution in [0.1, 0.15) is 33.6 Å². The van der Waals surface area contributed by atoms with E-state index in [1.165, 1.54) is 11.9 Å². The van der Waals surface area contributed by atoms with Crippen molar-refractivity contribution in [2.45, 2.75) is 33.6 Å². The summed E-state index contributed by atoms with van der Waals surface area (Å²) in [5.74, 6) is 0.791. The van der Waals surface area contributed by atoms with Crippen molar-refractivity contribution in [3.63, 3.8) is 0 Å². The molecule has 0 spiro atoms. The van der Waals surface area contributed by atoms with E-state index in [1.54, 1.807) is 12.1 Å². The quantitative estimate of drug-likeness (QED) is 0.650. The van der Waals surface area contributed by atoms with E-state index in [4.69, 9.17) is 0 Å². The number of nitrogens with zero attached hydrogens (tertiary/aromatic N) is 2. The molecule has 0 amide bonds. The summed E-state index contributed by atoms with van der Waals surface area (Å²) < 4.78 is 26.4. The lowest BCUT2D eigenvalue weighted by atomic mass is 10.2. The second-order valence-corrected chi connectivity index (χ2v) is 7.89. The number of hydrogen-bond acceptors (Lipinski definition) is 5. The summed E-state index contributed by atoms with van der Waals surface area (Å²) in [7, 11) is -3.30. The average Bonchev–Trinajstić information content (AvgIpc) is 2.64. The van der Waals surface area contributed by atoms with Crippen molar-refractivity contribution in [1.82, 2.24) is 4.98 Å². The number of benzene rings is 1. The normalized spacial score (nSPS) is 11.2. The minimum atomic E-state index is -3.30. The summed E-state index contributed by atoms with van der Waals surface area (Å²) in [5, 5.41) is 3.22. The van der Waals surface area contributed by atoms with Gasteiger partial charge < -0.3 is 10.2 Å². The Morgan fingerprint density at radius 2 is 1.62 bits per heavy atom. The molecule has 0 saturated heterocycles. The van der Waals surface area contributed by atoms with Gasteiger partial charge in [0.2, 0.25) is 10.0 Å². The highest BCUT2D eigenvalue weighted by molar-refractivity contribution is 7.92. The Labute approximate surface area is 156 Å². The fourth-order valence-electron chi connectivity index (χ4n) is 2.59. The molecule has 2 N–H and O–H groups in total. The van der Waals surface area contributed by atoms with Crippen molar-refractivity contribution < 1.29 is 8.42 Å². The lowest BCUT2D eigenvalue weighted by Crippen LogP contribution is -2.21. The molecule has 0 bridgehead atoms. The fraction of sp³-hybridized carbons (Fsp3) is 0.421. The SMILES string of the molecule is CCCCS(=O)(=O)Nc1ccc(Nc2ccc(N(CC)CC)cc2)nc1. The molecule has 0 aliphatic heterocycles. The van der Waals surface area contributed by atoms with Crippen LogP contribution in [0.2, 0.25) is 0 Å². The lowest BCUT2D eigenvalue weighted by molar-refractivity contribution is 0.598. The molecule has 1 aromatic heterocycles. The standard InChI is InChI=1S/C19H28N4O2S/c1-4-7-14-26(24,25)22-17-10-13-19(20-15-17)21-16-8-11-18(12-9-16)23(5-2)6-3/h8-13,15,22H,4-7,14H2,1-3H3,(H,20,21). The van der Waals surface area contributed by atoms with Gasteiger partial charge in [0.1, 0.15) is 5.82 Å². The molecule has 1 heterocycles. The zero-order valence-electron chi connectivity index (χ0n) is 15.7. The smallest absolute Gasteiger partial charge is 0.232 e. The molecular formula is C19H28N4O2S. The van der Waals surface area contributed by atoms with Crippen molar-refractivity contribution in [1.29, 1.82) is 0 Å². The Kier molecular flexibility index (Phi) is 7.26. The molecule has 0 unspecified atom stereocenters. The van der Waals surface area contributed by atoms with Gasteiger partial charge in [-0.25, -0.2) is 13.4 Å². The Balaban J connectivity index is 1.98. The summed E-state index contributed by atoms with van der Waals surface area (Å²) in [6, 6.07) is 11.6. The van der Waals surface area contributed by atoms with Crippen LogP contribution >= 0.6 is 0 Å². The van der Waals surface area contributed by atoms with E-state index >= 15 is 0 Å². The van der Waals surface area contributed by atoms with E-state index in [0.717, 1.165) is 25.2 Å². The van der Waals surface area contributed by atoms with Gasteiger partial charge in [-0.15, -0.1) is 0 Å². The number of anilines is 4. The Morgan fingerprint density at radius 1 is 0.962 bits per heavy atom. The molecule has 0 fully saturated rings. The summed E-state index contributed by atoms with van der Waals surface area (Å²) in [6.07, 6.45) is 3.01. The van der Waals surface area contributed by atoms with Gasteiger partial charge in [0.25, 0.3) is 0 Å². The molecule has 1 aromatic carbocycles. The molecule has 0 aliphatic rings. The summed E-state index contributed by atoms with van der Waals surface area (Å²) in [5.41, 5.74) is 2.60. The van der Waals surface area contributed by atoms with E-state index in [-0.39, 0.29) is 5.75 Å². The first-order valence-electron chi connectivity index (χ1n) is 9.06. The number of unbranched alkanes of at least 4 members (excludes halogenated alkanes) is 1. The Hall–Kier alpha value is -2.28. The first kappa shape index (κ1) is 20.0. The van der Waals surface area contributed by atoms with Gasteiger partial charge in [-0.3, -0.25) is 4.72 Å². The topological polar surface area (TPSA) is 74.3 Å². The monoisotopic (exact) mass is 376 g/mol. The number of hydrogen-bond donors (Lipinski definition) is 2. The zero-order chi connectivity index (χ0) is 19.0. The molecule has 6 nitrogen and oxygen atoms in total. The predicted molar refractivity (Wildman–Crippen MR) is 110 cm³/mol. The van der Waals surface area contributed by atoms with Crippen LogP contribution in [-0.2, 0) is 10.0 Å². The van der Waals surface area contributed by atoms with Crippen molar-refractivity contribution in [3.8, 4) is 0 Å². The highest BCUT2D eigenvalue weighted by atomic mass is 32.2. The molecule has 2 rings (SSSR count). The molecule has 7 heteroatoms. The zero-order valence-corrected chi connectivity index (χ0v) is 16.5. The molecule has 2 aromatic rings. The van der Waals surface area contributed by atoms with Crippen LogP contribution < -0.4 is 14.9 Å². The van der Waals surface area contributed by atoms with Crippen molar-refractivity contribution >= 4 is 32.9 Å². The number of pyridine rings is 1. The molecule has 142 valence electrons. The maximum Gasteiger partial charge on any atom is 0.232 e. The highest BCUT2D eigenvalue weighted by Gasteiger charge is 2.09. The average molecular weight is 377 g/mol. The summed E-state index contributed by atoms with van der Waals surface area (Å²) in [6.45, 7) is 8.18. The third kappa shape index (κ3) is 5.91. The minimum absolute atomic E-state index is 0.127. The van der Waals surface area contributed by atoms with Crippen LogP contribution in [0.3, 0.4) is 0 Å². The van der Waals surface area contributed by atoms with E-state index in [0.29, 0.717) is 17.9 Å². The molecule has 0 saturated carbocycles. The second kappa shape index (κ2) is 9.43. The van der Waals surface area contributed by atoms with Crippen LogP contribution in [0.25, 0.3) is 0 Å². The first-order chi connectivity index (χ1) is 12.5. The van der Waals surface area contributed by atoms with E-state index in [2.05, 4.69) is 45.9 Å². The van der Waals surface area contributed by atoms with Gasteiger partial charge in [0, 0.05) is 24.5 Å². The predicted octanol–water partition coefficient (Wildman–Crippen LogP) is 4.21. The highest BCUT2D eigenvalue weighted by Crippen LogP contribution is 2.21. The van der Waals surface area contributed by atoms with Crippen molar-refractivity contribution in [2.75, 3.05) is 33.8 Å². The van der Waals surface area contributed by atoms with Crippen molar-refractivity contribution in [3.05, 3.63) is 42.6 Å².